The van der Waals surface area contributed by atoms with E-state index < -0.39 is 0 Å². The molecule has 0 spiro atoms. The Morgan fingerprint density at radius 1 is 1.27 bits per heavy atom. The second-order valence-corrected chi connectivity index (χ2v) is 4.15. The molecule has 0 amide bonds. The zero-order chi connectivity index (χ0) is 10.5. The van der Waals surface area contributed by atoms with Crippen LogP contribution in [0.2, 0.25) is 0 Å². The summed E-state index contributed by atoms with van der Waals surface area (Å²) in [6.07, 6.45) is 5.87. The third-order valence-electron chi connectivity index (χ3n) is 3.02. The van der Waals surface area contributed by atoms with Crippen LogP contribution in [-0.4, -0.2) is 23.0 Å². The SMILES string of the molecule is NCc1ncccc1CN1CCCCC1. The molecule has 1 aromatic rings. The smallest absolute Gasteiger partial charge is 0.0584 e. The van der Waals surface area contributed by atoms with Gasteiger partial charge in [-0.05, 0) is 37.6 Å². The molecular weight excluding hydrogens is 186 g/mol. The van der Waals surface area contributed by atoms with Gasteiger partial charge in [0.25, 0.3) is 0 Å². The van der Waals surface area contributed by atoms with Crippen LogP contribution in [0, 0.1) is 0 Å². The van der Waals surface area contributed by atoms with Gasteiger partial charge in [0, 0.05) is 19.3 Å². The zero-order valence-corrected chi connectivity index (χ0v) is 9.15. The van der Waals surface area contributed by atoms with Crippen LogP contribution in [0.4, 0.5) is 0 Å². The molecule has 1 saturated heterocycles. The Balaban J connectivity index is 2.02. The summed E-state index contributed by atoms with van der Waals surface area (Å²) in [5.41, 5.74) is 8.01. The van der Waals surface area contributed by atoms with Crippen LogP contribution in [0.1, 0.15) is 30.5 Å². The predicted octanol–water partition coefficient (Wildman–Crippen LogP) is 1.53. The highest BCUT2D eigenvalue weighted by atomic mass is 15.1. The second-order valence-electron chi connectivity index (χ2n) is 4.15. The monoisotopic (exact) mass is 205 g/mol. The minimum atomic E-state index is 0.546. The lowest BCUT2D eigenvalue weighted by Gasteiger charge is -2.26. The molecule has 0 unspecified atom stereocenters. The van der Waals surface area contributed by atoms with Gasteiger partial charge in [0.05, 0.1) is 5.69 Å². The lowest BCUT2D eigenvalue weighted by molar-refractivity contribution is 0.220. The number of aromatic nitrogens is 1. The Morgan fingerprint density at radius 3 is 2.80 bits per heavy atom. The molecule has 1 aliphatic rings. The average Bonchev–Trinajstić information content (AvgIpc) is 2.31. The highest BCUT2D eigenvalue weighted by Crippen LogP contribution is 2.14. The van der Waals surface area contributed by atoms with Crippen molar-refractivity contribution in [1.82, 2.24) is 9.88 Å². The fourth-order valence-corrected chi connectivity index (χ4v) is 2.16. The first-order valence-corrected chi connectivity index (χ1v) is 5.75. The number of nitrogens with zero attached hydrogens (tertiary/aromatic N) is 2. The molecule has 1 aromatic heterocycles. The largest absolute Gasteiger partial charge is 0.325 e. The van der Waals surface area contributed by atoms with Crippen molar-refractivity contribution < 1.29 is 0 Å². The van der Waals surface area contributed by atoms with Crippen LogP contribution in [0.5, 0.6) is 0 Å². The van der Waals surface area contributed by atoms with Crippen LogP contribution in [-0.2, 0) is 13.1 Å². The molecule has 0 aliphatic carbocycles. The Bertz CT molecular complexity index is 305. The summed E-state index contributed by atoms with van der Waals surface area (Å²) in [7, 11) is 0. The van der Waals surface area contributed by atoms with Gasteiger partial charge in [0.1, 0.15) is 0 Å². The Hall–Kier alpha value is -0.930. The molecule has 3 nitrogen and oxygen atoms in total. The van der Waals surface area contributed by atoms with E-state index >= 15 is 0 Å². The van der Waals surface area contributed by atoms with Crippen molar-refractivity contribution in [1.29, 1.82) is 0 Å². The molecule has 2 N–H and O–H groups in total. The lowest BCUT2D eigenvalue weighted by Crippen LogP contribution is -2.29. The van der Waals surface area contributed by atoms with E-state index in [4.69, 9.17) is 5.73 Å². The Kier molecular flexibility index (Phi) is 3.69. The van der Waals surface area contributed by atoms with Gasteiger partial charge in [-0.25, -0.2) is 0 Å². The van der Waals surface area contributed by atoms with Crippen LogP contribution in [0.3, 0.4) is 0 Å². The Morgan fingerprint density at radius 2 is 2.07 bits per heavy atom. The topological polar surface area (TPSA) is 42.1 Å². The molecule has 2 rings (SSSR count). The van der Waals surface area contributed by atoms with E-state index in [-0.39, 0.29) is 0 Å². The molecule has 0 bridgehead atoms. The van der Waals surface area contributed by atoms with E-state index in [1.807, 2.05) is 12.3 Å². The van der Waals surface area contributed by atoms with Crippen LogP contribution in [0.25, 0.3) is 0 Å². The number of hydrogen-bond donors (Lipinski definition) is 1. The van der Waals surface area contributed by atoms with Gasteiger partial charge in [-0.2, -0.15) is 0 Å². The molecule has 1 fully saturated rings. The van der Waals surface area contributed by atoms with E-state index in [2.05, 4.69) is 16.0 Å². The summed E-state index contributed by atoms with van der Waals surface area (Å²) in [4.78, 5) is 6.81. The van der Waals surface area contributed by atoms with Gasteiger partial charge in [-0.15, -0.1) is 0 Å². The first-order chi connectivity index (χ1) is 7.40. The molecule has 0 atom stereocenters. The molecule has 0 radical (unpaired) electrons. The van der Waals surface area contributed by atoms with Crippen LogP contribution >= 0.6 is 0 Å². The molecule has 1 aliphatic heterocycles. The normalized spacial score (nSPS) is 17.9. The third-order valence-corrected chi connectivity index (χ3v) is 3.02. The number of pyridine rings is 1. The number of hydrogen-bond acceptors (Lipinski definition) is 3. The van der Waals surface area contributed by atoms with Crippen molar-refractivity contribution in [3.05, 3.63) is 29.6 Å². The molecular formula is C12H19N3. The predicted molar refractivity (Wildman–Crippen MR) is 61.3 cm³/mol. The highest BCUT2D eigenvalue weighted by Gasteiger charge is 2.12. The highest BCUT2D eigenvalue weighted by molar-refractivity contribution is 5.19. The van der Waals surface area contributed by atoms with Gasteiger partial charge in [0.2, 0.25) is 0 Å². The van der Waals surface area contributed by atoms with Crippen molar-refractivity contribution in [3.63, 3.8) is 0 Å². The summed E-state index contributed by atoms with van der Waals surface area (Å²) < 4.78 is 0. The number of piperidine rings is 1. The minimum Gasteiger partial charge on any atom is -0.325 e. The summed E-state index contributed by atoms with van der Waals surface area (Å²) >= 11 is 0. The first-order valence-electron chi connectivity index (χ1n) is 5.75. The first kappa shape index (κ1) is 10.6. The van der Waals surface area contributed by atoms with Gasteiger partial charge in [-0.3, -0.25) is 9.88 Å². The van der Waals surface area contributed by atoms with Crippen molar-refractivity contribution in [2.45, 2.75) is 32.4 Å². The van der Waals surface area contributed by atoms with E-state index in [1.165, 1.54) is 37.9 Å². The van der Waals surface area contributed by atoms with Gasteiger partial charge in [-0.1, -0.05) is 12.5 Å². The summed E-state index contributed by atoms with van der Waals surface area (Å²) in [6, 6.07) is 4.14. The van der Waals surface area contributed by atoms with Crippen molar-refractivity contribution >= 4 is 0 Å². The van der Waals surface area contributed by atoms with E-state index in [9.17, 15) is 0 Å². The Labute approximate surface area is 91.3 Å². The molecule has 15 heavy (non-hydrogen) atoms. The van der Waals surface area contributed by atoms with Gasteiger partial charge >= 0.3 is 0 Å². The van der Waals surface area contributed by atoms with Gasteiger partial charge < -0.3 is 5.73 Å². The standard InChI is InChI=1S/C12H19N3/c13-9-12-11(5-4-6-14-12)10-15-7-2-1-3-8-15/h4-6H,1-3,7-10,13H2. The second kappa shape index (κ2) is 5.24. The number of nitrogens with two attached hydrogens (primary N) is 1. The summed E-state index contributed by atoms with van der Waals surface area (Å²) in [5, 5.41) is 0. The maximum Gasteiger partial charge on any atom is 0.0584 e. The van der Waals surface area contributed by atoms with Crippen molar-refractivity contribution in [3.8, 4) is 0 Å². The molecule has 0 aromatic carbocycles. The average molecular weight is 205 g/mol. The lowest BCUT2D eigenvalue weighted by atomic mass is 10.1. The summed E-state index contributed by atoms with van der Waals surface area (Å²) in [6.45, 7) is 4.00. The zero-order valence-electron chi connectivity index (χ0n) is 9.15. The van der Waals surface area contributed by atoms with Crippen LogP contribution < -0.4 is 5.73 Å². The van der Waals surface area contributed by atoms with Crippen molar-refractivity contribution in [2.24, 2.45) is 5.73 Å². The van der Waals surface area contributed by atoms with Crippen molar-refractivity contribution in [2.75, 3.05) is 13.1 Å². The number of likely N-dealkylation sites (tertiary alicyclic amines) is 1. The fourth-order valence-electron chi connectivity index (χ4n) is 2.16. The summed E-state index contributed by atoms with van der Waals surface area (Å²) in [5.74, 6) is 0. The molecule has 82 valence electrons. The maximum atomic E-state index is 5.67. The molecule has 3 heteroatoms. The number of rotatable bonds is 3. The minimum absolute atomic E-state index is 0.546. The molecule has 2 heterocycles. The van der Waals surface area contributed by atoms with Crippen LogP contribution in [0.15, 0.2) is 18.3 Å². The quantitative estimate of drug-likeness (QED) is 0.813. The molecule has 0 saturated carbocycles. The van der Waals surface area contributed by atoms with E-state index in [1.54, 1.807) is 0 Å². The van der Waals surface area contributed by atoms with Gasteiger partial charge in [0.15, 0.2) is 0 Å². The third kappa shape index (κ3) is 2.76. The maximum absolute atomic E-state index is 5.67. The fraction of sp³-hybridized carbons (Fsp3) is 0.583. The van der Waals surface area contributed by atoms with E-state index in [0.717, 1.165) is 12.2 Å². The van der Waals surface area contributed by atoms with E-state index in [0.29, 0.717) is 6.54 Å².